The zero-order valence-electron chi connectivity index (χ0n) is 10.1. The van der Waals surface area contributed by atoms with E-state index in [4.69, 9.17) is 5.26 Å². The fourth-order valence-electron chi connectivity index (χ4n) is 2.91. The second kappa shape index (κ2) is 5.33. The Hall–Kier alpha value is -1.33. The van der Waals surface area contributed by atoms with E-state index in [0.29, 0.717) is 0 Å². The smallest absolute Gasteiger partial charge is 0.105 e. The van der Waals surface area contributed by atoms with Crippen LogP contribution in [0.5, 0.6) is 0 Å². The van der Waals surface area contributed by atoms with Crippen LogP contribution in [0.15, 0.2) is 30.3 Å². The van der Waals surface area contributed by atoms with Crippen molar-refractivity contribution in [2.75, 3.05) is 0 Å². The van der Waals surface area contributed by atoms with Crippen LogP contribution in [0.4, 0.5) is 0 Å². The van der Waals surface area contributed by atoms with Gasteiger partial charge in [-0.1, -0.05) is 49.6 Å². The molecule has 1 atom stereocenters. The van der Waals surface area contributed by atoms with Crippen LogP contribution in [0.1, 0.15) is 44.1 Å². The molecule has 17 heavy (non-hydrogen) atoms. The van der Waals surface area contributed by atoms with Crippen molar-refractivity contribution in [1.29, 1.82) is 5.26 Å². The minimum absolute atomic E-state index is 0.196. The molecule has 1 fully saturated rings. The Morgan fingerprint density at radius 2 is 1.82 bits per heavy atom. The number of aliphatic hydroxyl groups is 1. The van der Waals surface area contributed by atoms with Crippen molar-refractivity contribution in [1.82, 2.24) is 0 Å². The number of nitrogens with zero attached hydrogens (tertiary/aromatic N) is 1. The standard InChI is InChI=1S/C15H19NO/c16-12-11-15(17,13-7-3-1-4-8-13)14-9-5-2-6-10-14/h1,3-4,7-8,14,17H,2,5-6,9-11H2. The largest absolute Gasteiger partial charge is 0.384 e. The third-order valence-electron chi connectivity index (χ3n) is 3.90. The topological polar surface area (TPSA) is 44.0 Å². The van der Waals surface area contributed by atoms with Crippen LogP contribution in [0.2, 0.25) is 0 Å². The van der Waals surface area contributed by atoms with Gasteiger partial charge in [0.25, 0.3) is 0 Å². The molecule has 2 heteroatoms. The van der Waals surface area contributed by atoms with Crippen molar-refractivity contribution in [2.24, 2.45) is 5.92 Å². The monoisotopic (exact) mass is 229 g/mol. The van der Waals surface area contributed by atoms with Crippen molar-refractivity contribution < 1.29 is 5.11 Å². The average molecular weight is 229 g/mol. The van der Waals surface area contributed by atoms with Gasteiger partial charge in [-0.05, 0) is 24.3 Å². The van der Waals surface area contributed by atoms with Crippen LogP contribution in [-0.2, 0) is 5.60 Å². The summed E-state index contributed by atoms with van der Waals surface area (Å²) in [4.78, 5) is 0. The van der Waals surface area contributed by atoms with Crippen LogP contribution in [0.25, 0.3) is 0 Å². The fraction of sp³-hybridized carbons (Fsp3) is 0.533. The van der Waals surface area contributed by atoms with Crippen molar-refractivity contribution >= 4 is 0 Å². The van der Waals surface area contributed by atoms with E-state index in [-0.39, 0.29) is 12.3 Å². The first kappa shape index (κ1) is 12.1. The molecule has 0 aliphatic heterocycles. The molecular weight excluding hydrogens is 210 g/mol. The Bertz CT molecular complexity index is 389. The molecular formula is C15H19NO. The Kier molecular flexibility index (Phi) is 3.81. The zero-order chi connectivity index (χ0) is 12.1. The molecule has 1 aliphatic rings. The number of nitriles is 1. The van der Waals surface area contributed by atoms with Gasteiger partial charge in [0, 0.05) is 0 Å². The highest BCUT2D eigenvalue weighted by Gasteiger charge is 2.38. The molecule has 1 N–H and O–H groups in total. The van der Waals surface area contributed by atoms with E-state index < -0.39 is 5.60 Å². The van der Waals surface area contributed by atoms with Gasteiger partial charge in [-0.25, -0.2) is 0 Å². The second-order valence-corrected chi connectivity index (χ2v) is 4.96. The summed E-state index contributed by atoms with van der Waals surface area (Å²) in [5, 5.41) is 19.9. The van der Waals surface area contributed by atoms with Crippen LogP contribution in [-0.4, -0.2) is 5.11 Å². The molecule has 0 radical (unpaired) electrons. The number of hydrogen-bond donors (Lipinski definition) is 1. The Morgan fingerprint density at radius 1 is 1.18 bits per heavy atom. The van der Waals surface area contributed by atoms with Crippen molar-refractivity contribution in [3.05, 3.63) is 35.9 Å². The lowest BCUT2D eigenvalue weighted by Gasteiger charge is -2.37. The Labute approximate surface area is 103 Å². The SMILES string of the molecule is N#CCC(O)(c1ccccc1)C1CCCCC1. The Morgan fingerprint density at radius 3 is 2.41 bits per heavy atom. The first-order valence-corrected chi connectivity index (χ1v) is 6.42. The van der Waals surface area contributed by atoms with E-state index in [1.165, 1.54) is 19.3 Å². The molecule has 0 bridgehead atoms. The van der Waals surface area contributed by atoms with E-state index in [1.54, 1.807) is 0 Å². The predicted octanol–water partition coefficient (Wildman–Crippen LogP) is 3.37. The lowest BCUT2D eigenvalue weighted by atomic mass is 9.72. The van der Waals surface area contributed by atoms with Gasteiger partial charge in [0.15, 0.2) is 0 Å². The van der Waals surface area contributed by atoms with Crippen LogP contribution < -0.4 is 0 Å². The maximum atomic E-state index is 10.9. The molecule has 1 aromatic carbocycles. The van der Waals surface area contributed by atoms with Gasteiger partial charge in [-0.15, -0.1) is 0 Å². The van der Waals surface area contributed by atoms with Crippen molar-refractivity contribution in [2.45, 2.75) is 44.1 Å². The second-order valence-electron chi connectivity index (χ2n) is 4.96. The quantitative estimate of drug-likeness (QED) is 0.863. The normalized spacial score (nSPS) is 20.5. The first-order chi connectivity index (χ1) is 8.27. The maximum Gasteiger partial charge on any atom is 0.105 e. The highest BCUT2D eigenvalue weighted by Crippen LogP contribution is 2.41. The zero-order valence-corrected chi connectivity index (χ0v) is 10.1. The van der Waals surface area contributed by atoms with E-state index >= 15 is 0 Å². The summed E-state index contributed by atoms with van der Waals surface area (Å²) < 4.78 is 0. The Balaban J connectivity index is 2.28. The van der Waals surface area contributed by atoms with Crippen molar-refractivity contribution in [3.8, 4) is 6.07 Å². The van der Waals surface area contributed by atoms with Gasteiger partial charge in [-0.3, -0.25) is 0 Å². The summed E-state index contributed by atoms with van der Waals surface area (Å²) in [5.41, 5.74) is -0.0513. The van der Waals surface area contributed by atoms with Crippen molar-refractivity contribution in [3.63, 3.8) is 0 Å². The molecule has 0 saturated heterocycles. The first-order valence-electron chi connectivity index (χ1n) is 6.42. The third kappa shape index (κ3) is 2.50. The molecule has 2 nitrogen and oxygen atoms in total. The highest BCUT2D eigenvalue weighted by atomic mass is 16.3. The van der Waals surface area contributed by atoms with Gasteiger partial charge in [0.05, 0.1) is 12.5 Å². The molecule has 1 saturated carbocycles. The van der Waals surface area contributed by atoms with E-state index in [1.807, 2.05) is 30.3 Å². The summed E-state index contributed by atoms with van der Waals surface area (Å²) in [6, 6.07) is 11.8. The number of benzene rings is 1. The number of hydrogen-bond acceptors (Lipinski definition) is 2. The summed E-state index contributed by atoms with van der Waals surface area (Å²) >= 11 is 0. The van der Waals surface area contributed by atoms with Gasteiger partial charge in [-0.2, -0.15) is 5.26 Å². The van der Waals surface area contributed by atoms with Gasteiger partial charge in [0.1, 0.15) is 5.60 Å². The minimum atomic E-state index is -0.948. The molecule has 0 heterocycles. The van der Waals surface area contributed by atoms with E-state index in [0.717, 1.165) is 18.4 Å². The molecule has 1 aliphatic carbocycles. The minimum Gasteiger partial charge on any atom is -0.384 e. The third-order valence-corrected chi connectivity index (χ3v) is 3.90. The van der Waals surface area contributed by atoms with E-state index in [9.17, 15) is 5.11 Å². The summed E-state index contributed by atoms with van der Waals surface area (Å²) in [6.07, 6.45) is 5.87. The van der Waals surface area contributed by atoms with Crippen LogP contribution >= 0.6 is 0 Å². The van der Waals surface area contributed by atoms with E-state index in [2.05, 4.69) is 6.07 Å². The fourth-order valence-corrected chi connectivity index (χ4v) is 2.91. The maximum absolute atomic E-state index is 10.9. The molecule has 1 unspecified atom stereocenters. The molecule has 1 aromatic rings. The lowest BCUT2D eigenvalue weighted by Crippen LogP contribution is -2.36. The molecule has 2 rings (SSSR count). The lowest BCUT2D eigenvalue weighted by molar-refractivity contribution is -0.0348. The summed E-state index contributed by atoms with van der Waals surface area (Å²) in [6.45, 7) is 0. The van der Waals surface area contributed by atoms with Crippen LogP contribution in [0, 0.1) is 17.2 Å². The van der Waals surface area contributed by atoms with Gasteiger partial charge < -0.3 is 5.11 Å². The molecule has 0 amide bonds. The van der Waals surface area contributed by atoms with Gasteiger partial charge in [0.2, 0.25) is 0 Å². The van der Waals surface area contributed by atoms with Crippen LogP contribution in [0.3, 0.4) is 0 Å². The molecule has 90 valence electrons. The molecule has 0 spiro atoms. The predicted molar refractivity (Wildman–Crippen MR) is 67.1 cm³/mol. The molecule has 0 aromatic heterocycles. The summed E-state index contributed by atoms with van der Waals surface area (Å²) in [7, 11) is 0. The highest BCUT2D eigenvalue weighted by molar-refractivity contribution is 5.24. The summed E-state index contributed by atoms with van der Waals surface area (Å²) in [5.74, 6) is 0.235. The average Bonchev–Trinajstić information content (AvgIpc) is 2.41. The van der Waals surface area contributed by atoms with Gasteiger partial charge >= 0.3 is 0 Å². The number of rotatable bonds is 3.